The molecule has 8 nitrogen and oxygen atoms in total. The first kappa shape index (κ1) is 23.4. The summed E-state index contributed by atoms with van der Waals surface area (Å²) in [5.41, 5.74) is 3.74. The molecule has 4 heterocycles. The first-order valence-electron chi connectivity index (χ1n) is 11.9. The molecule has 0 aliphatic rings. The maximum Gasteiger partial charge on any atom is 0.226 e. The van der Waals surface area contributed by atoms with Gasteiger partial charge in [0.15, 0.2) is 5.82 Å². The maximum atomic E-state index is 16.0. The Morgan fingerprint density at radius 2 is 1.82 bits per heavy atom. The van der Waals surface area contributed by atoms with Crippen molar-refractivity contribution in [2.24, 2.45) is 5.92 Å². The number of nitrogens with zero attached hydrogens (tertiary/aromatic N) is 4. The summed E-state index contributed by atoms with van der Waals surface area (Å²) in [5.74, 6) is -1.00. The number of rotatable bonds is 5. The van der Waals surface area contributed by atoms with E-state index in [4.69, 9.17) is 0 Å². The number of fused-ring (bicyclic) bond motifs is 2. The lowest BCUT2D eigenvalue weighted by molar-refractivity contribution is -0.118. The van der Waals surface area contributed by atoms with Crippen molar-refractivity contribution in [1.82, 2.24) is 30.1 Å². The molecule has 10 heteroatoms. The predicted octanol–water partition coefficient (Wildman–Crippen LogP) is 6.10. The van der Waals surface area contributed by atoms with Crippen LogP contribution in [0.3, 0.4) is 0 Å². The molecule has 0 aliphatic carbocycles. The van der Waals surface area contributed by atoms with E-state index in [1.165, 1.54) is 18.5 Å². The number of H-pyrrole nitrogens is 2. The first-order chi connectivity index (χ1) is 18.4. The molecule has 0 saturated heterocycles. The Labute approximate surface area is 215 Å². The van der Waals surface area contributed by atoms with Gasteiger partial charge < -0.3 is 10.3 Å². The number of pyridine rings is 2. The summed E-state index contributed by atoms with van der Waals surface area (Å²) in [6, 6.07) is 13.1. The number of halogens is 2. The summed E-state index contributed by atoms with van der Waals surface area (Å²) < 4.78 is 30.5. The molecule has 188 valence electrons. The van der Waals surface area contributed by atoms with Crippen LogP contribution in [-0.2, 0) is 4.79 Å². The van der Waals surface area contributed by atoms with Crippen molar-refractivity contribution in [3.05, 3.63) is 78.8 Å². The minimum Gasteiger partial charge on any atom is -0.336 e. The zero-order valence-electron chi connectivity index (χ0n) is 20.4. The van der Waals surface area contributed by atoms with Gasteiger partial charge in [-0.3, -0.25) is 19.9 Å². The highest BCUT2D eigenvalue weighted by Gasteiger charge is 2.21. The summed E-state index contributed by atoms with van der Waals surface area (Å²) in [6.07, 6.45) is 4.60. The second kappa shape index (κ2) is 9.15. The van der Waals surface area contributed by atoms with Gasteiger partial charge >= 0.3 is 0 Å². The van der Waals surface area contributed by atoms with Gasteiger partial charge in [-0.2, -0.15) is 5.10 Å². The second-order valence-electron chi connectivity index (χ2n) is 9.15. The van der Waals surface area contributed by atoms with Crippen molar-refractivity contribution in [2.45, 2.75) is 13.8 Å². The average Bonchev–Trinajstić information content (AvgIpc) is 3.54. The lowest BCUT2D eigenvalue weighted by atomic mass is 10.0. The molecule has 0 aliphatic heterocycles. The standard InChI is InChI=1S/C28H21F2N7O/c1-14(2)28(38)33-16-11-15(12-31-13-16)17-7-8-20-22(23(17)30)26(37-36-20)27-34-21-9-10-32-24(25(21)35-27)18-5-3-4-6-19(18)29/h3-14H,1-2H3,(H,33,38)(H,34,35)(H,36,37). The Balaban J connectivity index is 1.46. The molecule has 4 aromatic heterocycles. The molecule has 0 atom stereocenters. The van der Waals surface area contributed by atoms with Gasteiger partial charge in [-0.25, -0.2) is 13.8 Å². The molecule has 0 bridgehead atoms. The van der Waals surface area contributed by atoms with Gasteiger partial charge in [-0.05, 0) is 36.4 Å². The summed E-state index contributed by atoms with van der Waals surface area (Å²) in [7, 11) is 0. The van der Waals surface area contributed by atoms with Crippen LogP contribution in [0.5, 0.6) is 0 Å². The van der Waals surface area contributed by atoms with E-state index in [-0.39, 0.29) is 28.5 Å². The van der Waals surface area contributed by atoms with Crippen LogP contribution in [0.25, 0.3) is 55.8 Å². The van der Waals surface area contributed by atoms with Crippen molar-refractivity contribution in [2.75, 3.05) is 5.32 Å². The number of carbonyl (C=O) groups excluding carboxylic acids is 1. The highest BCUT2D eigenvalue weighted by molar-refractivity contribution is 5.98. The van der Waals surface area contributed by atoms with Crippen LogP contribution >= 0.6 is 0 Å². The van der Waals surface area contributed by atoms with Gasteiger partial charge in [-0.15, -0.1) is 0 Å². The number of imidazole rings is 1. The van der Waals surface area contributed by atoms with Crippen LogP contribution in [0.2, 0.25) is 0 Å². The van der Waals surface area contributed by atoms with Gasteiger partial charge in [-0.1, -0.05) is 26.0 Å². The van der Waals surface area contributed by atoms with E-state index in [0.717, 1.165) is 0 Å². The van der Waals surface area contributed by atoms with Crippen LogP contribution < -0.4 is 5.32 Å². The molecular weight excluding hydrogens is 488 g/mol. The largest absolute Gasteiger partial charge is 0.336 e. The smallest absolute Gasteiger partial charge is 0.226 e. The minimum absolute atomic E-state index is 0.161. The van der Waals surface area contributed by atoms with Crippen molar-refractivity contribution in [3.8, 4) is 33.9 Å². The quantitative estimate of drug-likeness (QED) is 0.260. The van der Waals surface area contributed by atoms with Crippen molar-refractivity contribution in [3.63, 3.8) is 0 Å². The van der Waals surface area contributed by atoms with Crippen molar-refractivity contribution in [1.29, 1.82) is 0 Å². The molecule has 0 unspecified atom stereocenters. The molecule has 0 radical (unpaired) electrons. The molecule has 2 aromatic carbocycles. The predicted molar refractivity (Wildman–Crippen MR) is 141 cm³/mol. The Morgan fingerprint density at radius 3 is 2.63 bits per heavy atom. The number of benzene rings is 2. The number of amides is 1. The normalized spacial score (nSPS) is 11.5. The van der Waals surface area contributed by atoms with Crippen molar-refractivity contribution >= 4 is 33.5 Å². The Morgan fingerprint density at radius 1 is 0.974 bits per heavy atom. The number of aromatic amines is 2. The van der Waals surface area contributed by atoms with Gasteiger partial charge in [0.2, 0.25) is 5.91 Å². The highest BCUT2D eigenvalue weighted by atomic mass is 19.1. The maximum absolute atomic E-state index is 16.0. The van der Waals surface area contributed by atoms with Crippen LogP contribution in [-0.4, -0.2) is 36.0 Å². The van der Waals surface area contributed by atoms with Gasteiger partial charge in [0, 0.05) is 35.0 Å². The zero-order valence-corrected chi connectivity index (χ0v) is 20.4. The molecular formula is C28H21F2N7O. The summed E-state index contributed by atoms with van der Waals surface area (Å²) in [5, 5.41) is 10.2. The topological polar surface area (TPSA) is 112 Å². The van der Waals surface area contributed by atoms with E-state index in [2.05, 4.69) is 35.5 Å². The first-order valence-corrected chi connectivity index (χ1v) is 11.9. The molecule has 0 spiro atoms. The van der Waals surface area contributed by atoms with E-state index < -0.39 is 11.6 Å². The Kier molecular flexibility index (Phi) is 5.64. The SMILES string of the molecule is CC(C)C(=O)Nc1cncc(-c2ccc3[nH]nc(-c4nc5c(-c6ccccc6F)nccc5[nH]4)c3c2F)c1. The van der Waals surface area contributed by atoms with Crippen molar-refractivity contribution < 1.29 is 13.6 Å². The monoisotopic (exact) mass is 509 g/mol. The fraction of sp³-hybridized carbons (Fsp3) is 0.107. The van der Waals surface area contributed by atoms with Gasteiger partial charge in [0.05, 0.1) is 28.3 Å². The second-order valence-corrected chi connectivity index (χ2v) is 9.15. The molecule has 6 rings (SSSR count). The molecule has 3 N–H and O–H groups in total. The number of hydrogen-bond donors (Lipinski definition) is 3. The molecule has 1 amide bonds. The Bertz CT molecular complexity index is 1840. The third-order valence-corrected chi connectivity index (χ3v) is 6.26. The fourth-order valence-corrected chi connectivity index (χ4v) is 4.31. The van der Waals surface area contributed by atoms with Crippen LogP contribution in [0, 0.1) is 17.6 Å². The van der Waals surface area contributed by atoms with E-state index in [1.54, 1.807) is 62.5 Å². The van der Waals surface area contributed by atoms with Gasteiger partial charge in [0.1, 0.15) is 28.5 Å². The third-order valence-electron chi connectivity index (χ3n) is 6.26. The zero-order chi connectivity index (χ0) is 26.4. The minimum atomic E-state index is -0.520. The van der Waals surface area contributed by atoms with Crippen LogP contribution in [0.4, 0.5) is 14.5 Å². The average molecular weight is 510 g/mol. The van der Waals surface area contributed by atoms with Crippen LogP contribution in [0.15, 0.2) is 67.1 Å². The van der Waals surface area contributed by atoms with E-state index in [9.17, 15) is 9.18 Å². The third kappa shape index (κ3) is 3.96. The summed E-state index contributed by atoms with van der Waals surface area (Å²) >= 11 is 0. The Hall–Kier alpha value is -4.99. The van der Waals surface area contributed by atoms with E-state index in [1.807, 2.05) is 0 Å². The van der Waals surface area contributed by atoms with Crippen LogP contribution in [0.1, 0.15) is 13.8 Å². The molecule has 38 heavy (non-hydrogen) atoms. The fourth-order valence-electron chi connectivity index (χ4n) is 4.31. The molecule has 0 fully saturated rings. The number of nitrogens with one attached hydrogen (secondary N) is 3. The number of anilines is 1. The van der Waals surface area contributed by atoms with E-state index in [0.29, 0.717) is 44.9 Å². The highest BCUT2D eigenvalue weighted by Crippen LogP contribution is 2.35. The molecule has 6 aromatic rings. The van der Waals surface area contributed by atoms with Gasteiger partial charge in [0.25, 0.3) is 0 Å². The number of aromatic nitrogens is 6. The van der Waals surface area contributed by atoms with E-state index >= 15 is 4.39 Å². The lowest BCUT2D eigenvalue weighted by Crippen LogP contribution is -2.17. The lowest BCUT2D eigenvalue weighted by Gasteiger charge is -2.10. The molecule has 0 saturated carbocycles. The summed E-state index contributed by atoms with van der Waals surface area (Å²) in [6.45, 7) is 3.57. The number of hydrogen-bond acceptors (Lipinski definition) is 5. The number of carbonyl (C=O) groups is 1. The summed E-state index contributed by atoms with van der Waals surface area (Å²) in [4.78, 5) is 28.4.